The molecule has 0 saturated heterocycles. The van der Waals surface area contributed by atoms with E-state index in [1.54, 1.807) is 32.4 Å². The van der Waals surface area contributed by atoms with E-state index in [0.29, 0.717) is 35.8 Å². The van der Waals surface area contributed by atoms with Crippen molar-refractivity contribution in [2.45, 2.75) is 13.2 Å². The predicted octanol–water partition coefficient (Wildman–Crippen LogP) is 2.97. The van der Waals surface area contributed by atoms with Gasteiger partial charge < -0.3 is 14.2 Å². The van der Waals surface area contributed by atoms with Crippen LogP contribution in [0.25, 0.3) is 0 Å². The number of benzene rings is 2. The van der Waals surface area contributed by atoms with E-state index in [-0.39, 0.29) is 5.78 Å². The lowest BCUT2D eigenvalue weighted by Crippen LogP contribution is -2.07. The molecule has 0 fully saturated rings. The van der Waals surface area contributed by atoms with Gasteiger partial charge in [0.05, 0.1) is 27.4 Å². The van der Waals surface area contributed by atoms with Crippen LogP contribution < -0.4 is 9.47 Å². The fourth-order valence-electron chi connectivity index (χ4n) is 2.53. The van der Waals surface area contributed by atoms with E-state index in [9.17, 15) is 4.79 Å². The first-order valence-electron chi connectivity index (χ1n) is 6.70. The van der Waals surface area contributed by atoms with Gasteiger partial charge in [-0.15, -0.1) is 0 Å². The molecule has 0 aliphatic carbocycles. The quantitative estimate of drug-likeness (QED) is 0.810. The highest BCUT2D eigenvalue weighted by atomic mass is 16.5. The monoisotopic (exact) mass is 284 g/mol. The van der Waals surface area contributed by atoms with Gasteiger partial charge in [0.25, 0.3) is 0 Å². The Bertz CT molecular complexity index is 669. The average Bonchev–Trinajstić information content (AvgIpc) is 3.00. The van der Waals surface area contributed by atoms with Crippen molar-refractivity contribution >= 4 is 5.78 Å². The van der Waals surface area contributed by atoms with E-state index in [1.165, 1.54) is 0 Å². The molecule has 108 valence electrons. The number of ether oxygens (including phenoxy) is 3. The van der Waals surface area contributed by atoms with Crippen LogP contribution >= 0.6 is 0 Å². The SMILES string of the molecule is COc1cccc(OC)c1C(=O)c1ccc2c(c1)COC2. The van der Waals surface area contributed by atoms with E-state index in [0.717, 1.165) is 11.1 Å². The summed E-state index contributed by atoms with van der Waals surface area (Å²) in [6, 6.07) is 11.0. The Morgan fingerprint density at radius 1 is 1.00 bits per heavy atom. The summed E-state index contributed by atoms with van der Waals surface area (Å²) in [7, 11) is 3.09. The zero-order chi connectivity index (χ0) is 14.8. The van der Waals surface area contributed by atoms with Crippen molar-refractivity contribution in [3.63, 3.8) is 0 Å². The third-order valence-corrected chi connectivity index (χ3v) is 3.64. The Hall–Kier alpha value is -2.33. The highest BCUT2D eigenvalue weighted by Gasteiger charge is 2.21. The Balaban J connectivity index is 2.06. The maximum absolute atomic E-state index is 12.8. The van der Waals surface area contributed by atoms with Crippen LogP contribution in [0.5, 0.6) is 11.5 Å². The topological polar surface area (TPSA) is 44.8 Å². The summed E-state index contributed by atoms with van der Waals surface area (Å²) in [6.07, 6.45) is 0. The fraction of sp³-hybridized carbons (Fsp3) is 0.235. The molecule has 0 spiro atoms. The van der Waals surface area contributed by atoms with Crippen molar-refractivity contribution in [2.24, 2.45) is 0 Å². The molecule has 3 rings (SSSR count). The molecule has 0 saturated carbocycles. The van der Waals surface area contributed by atoms with E-state index in [1.807, 2.05) is 18.2 Å². The average molecular weight is 284 g/mol. The van der Waals surface area contributed by atoms with Gasteiger partial charge in [-0.3, -0.25) is 4.79 Å². The second-order valence-corrected chi connectivity index (χ2v) is 4.84. The number of methoxy groups -OCH3 is 2. The minimum Gasteiger partial charge on any atom is -0.496 e. The van der Waals surface area contributed by atoms with Crippen LogP contribution in [0.15, 0.2) is 36.4 Å². The zero-order valence-electron chi connectivity index (χ0n) is 12.0. The lowest BCUT2D eigenvalue weighted by Gasteiger charge is -2.12. The molecule has 4 nitrogen and oxygen atoms in total. The van der Waals surface area contributed by atoms with Gasteiger partial charge in [-0.1, -0.05) is 18.2 Å². The number of carbonyl (C=O) groups excluding carboxylic acids is 1. The number of carbonyl (C=O) groups is 1. The van der Waals surface area contributed by atoms with E-state index < -0.39 is 0 Å². The minimum absolute atomic E-state index is 0.112. The highest BCUT2D eigenvalue weighted by Crippen LogP contribution is 2.31. The van der Waals surface area contributed by atoms with Crippen LogP contribution in [-0.4, -0.2) is 20.0 Å². The maximum atomic E-state index is 12.8. The van der Waals surface area contributed by atoms with E-state index in [2.05, 4.69) is 0 Å². The van der Waals surface area contributed by atoms with E-state index >= 15 is 0 Å². The second-order valence-electron chi connectivity index (χ2n) is 4.84. The lowest BCUT2D eigenvalue weighted by atomic mass is 9.98. The normalized spacial score (nSPS) is 12.9. The van der Waals surface area contributed by atoms with Gasteiger partial charge in [-0.2, -0.15) is 0 Å². The standard InChI is InChI=1S/C17H16O4/c1-19-14-4-3-5-15(20-2)16(14)17(18)11-6-7-12-9-21-10-13(12)8-11/h3-8H,9-10H2,1-2H3. The molecule has 0 amide bonds. The Morgan fingerprint density at radius 2 is 1.67 bits per heavy atom. The molecule has 0 aromatic heterocycles. The Labute approximate surface area is 123 Å². The third kappa shape index (κ3) is 2.38. The van der Waals surface area contributed by atoms with Crippen molar-refractivity contribution < 1.29 is 19.0 Å². The first kappa shape index (κ1) is 13.6. The highest BCUT2D eigenvalue weighted by molar-refractivity contribution is 6.12. The van der Waals surface area contributed by atoms with Crippen LogP contribution in [0.4, 0.5) is 0 Å². The molecule has 4 heteroatoms. The largest absolute Gasteiger partial charge is 0.496 e. The number of fused-ring (bicyclic) bond motifs is 1. The molecule has 1 aliphatic heterocycles. The molecule has 0 radical (unpaired) electrons. The van der Waals surface area contributed by atoms with Crippen LogP contribution in [-0.2, 0) is 18.0 Å². The summed E-state index contributed by atoms with van der Waals surface area (Å²) in [5, 5.41) is 0. The molecule has 2 aromatic rings. The number of rotatable bonds is 4. The number of hydrogen-bond donors (Lipinski definition) is 0. The second kappa shape index (κ2) is 5.58. The summed E-state index contributed by atoms with van der Waals surface area (Å²) < 4.78 is 16.0. The summed E-state index contributed by atoms with van der Waals surface area (Å²) in [5.74, 6) is 0.909. The molecule has 1 heterocycles. The predicted molar refractivity (Wildman–Crippen MR) is 77.9 cm³/mol. The molecular weight excluding hydrogens is 268 g/mol. The van der Waals surface area contributed by atoms with Crippen LogP contribution in [0.1, 0.15) is 27.0 Å². The van der Waals surface area contributed by atoms with E-state index in [4.69, 9.17) is 14.2 Å². The molecule has 0 bridgehead atoms. The van der Waals surface area contributed by atoms with Crippen molar-refractivity contribution in [1.82, 2.24) is 0 Å². The fourth-order valence-corrected chi connectivity index (χ4v) is 2.53. The molecular formula is C17H16O4. The summed E-state index contributed by atoms with van der Waals surface area (Å²) in [4.78, 5) is 12.8. The van der Waals surface area contributed by atoms with Gasteiger partial charge in [0.1, 0.15) is 17.1 Å². The van der Waals surface area contributed by atoms with Crippen LogP contribution in [0.3, 0.4) is 0 Å². The van der Waals surface area contributed by atoms with Crippen molar-refractivity contribution in [1.29, 1.82) is 0 Å². The first-order chi connectivity index (χ1) is 10.2. The molecule has 21 heavy (non-hydrogen) atoms. The van der Waals surface area contributed by atoms with Crippen LogP contribution in [0, 0.1) is 0 Å². The zero-order valence-corrected chi connectivity index (χ0v) is 12.0. The molecule has 2 aromatic carbocycles. The number of ketones is 1. The summed E-state index contributed by atoms with van der Waals surface area (Å²) in [6.45, 7) is 1.17. The van der Waals surface area contributed by atoms with Gasteiger partial charge in [-0.25, -0.2) is 0 Å². The molecule has 0 N–H and O–H groups in total. The third-order valence-electron chi connectivity index (χ3n) is 3.64. The smallest absolute Gasteiger partial charge is 0.200 e. The molecule has 0 unspecified atom stereocenters. The maximum Gasteiger partial charge on any atom is 0.200 e. The molecule has 1 aliphatic rings. The van der Waals surface area contributed by atoms with Gasteiger partial charge in [0.2, 0.25) is 5.78 Å². The number of hydrogen-bond acceptors (Lipinski definition) is 4. The van der Waals surface area contributed by atoms with Crippen molar-refractivity contribution in [3.8, 4) is 11.5 Å². The van der Waals surface area contributed by atoms with Crippen molar-refractivity contribution in [3.05, 3.63) is 58.7 Å². The minimum atomic E-state index is -0.112. The Kier molecular flexibility index (Phi) is 3.62. The lowest BCUT2D eigenvalue weighted by molar-refractivity contribution is 0.103. The Morgan fingerprint density at radius 3 is 2.33 bits per heavy atom. The molecule has 0 atom stereocenters. The van der Waals surface area contributed by atoms with Crippen LogP contribution in [0.2, 0.25) is 0 Å². The van der Waals surface area contributed by atoms with Gasteiger partial charge >= 0.3 is 0 Å². The van der Waals surface area contributed by atoms with Gasteiger partial charge in [0.15, 0.2) is 0 Å². The van der Waals surface area contributed by atoms with Gasteiger partial charge in [-0.05, 0) is 29.3 Å². The van der Waals surface area contributed by atoms with Gasteiger partial charge in [0, 0.05) is 5.56 Å². The first-order valence-corrected chi connectivity index (χ1v) is 6.70. The summed E-state index contributed by atoms with van der Waals surface area (Å²) >= 11 is 0. The van der Waals surface area contributed by atoms with Crippen molar-refractivity contribution in [2.75, 3.05) is 14.2 Å². The summed E-state index contributed by atoms with van der Waals surface area (Å²) in [5.41, 5.74) is 3.26.